The summed E-state index contributed by atoms with van der Waals surface area (Å²) in [4.78, 5) is 27.1. The van der Waals surface area contributed by atoms with E-state index in [1.54, 1.807) is 44.4 Å². The third kappa shape index (κ3) is 6.89. The van der Waals surface area contributed by atoms with Crippen LogP contribution in [0.3, 0.4) is 0 Å². The average Bonchev–Trinajstić information content (AvgIpc) is 2.64. The van der Waals surface area contributed by atoms with Gasteiger partial charge in [0, 0.05) is 22.3 Å². The van der Waals surface area contributed by atoms with E-state index >= 15 is 0 Å². The van der Waals surface area contributed by atoms with Crippen LogP contribution in [-0.2, 0) is 14.3 Å². The first-order chi connectivity index (χ1) is 13.2. The van der Waals surface area contributed by atoms with E-state index in [4.69, 9.17) is 16.3 Å². The maximum atomic E-state index is 13.2. The van der Waals surface area contributed by atoms with Crippen molar-refractivity contribution in [2.45, 2.75) is 40.7 Å². The summed E-state index contributed by atoms with van der Waals surface area (Å²) >= 11 is 6.13. The molecule has 0 atom stereocenters. The van der Waals surface area contributed by atoms with E-state index in [9.17, 15) is 9.59 Å². The van der Waals surface area contributed by atoms with Crippen molar-refractivity contribution in [3.8, 4) is 0 Å². The molecular formula is C22H29ClN2O3. The first-order valence-electron chi connectivity index (χ1n) is 9.15. The molecule has 152 valence electrons. The number of benzene rings is 1. The molecule has 0 aromatic heterocycles. The number of carbonyl (C=O) groups is 2. The van der Waals surface area contributed by atoms with E-state index in [0.717, 1.165) is 5.56 Å². The number of rotatable bonds is 8. The van der Waals surface area contributed by atoms with Crippen LogP contribution < -0.4 is 5.32 Å². The minimum absolute atomic E-state index is 0.0237. The number of amides is 2. The molecule has 5 nitrogen and oxygen atoms in total. The average molecular weight is 405 g/mol. The highest BCUT2D eigenvalue weighted by molar-refractivity contribution is 6.30. The number of carbonyl (C=O) groups excluding carboxylic acids is 2. The molecule has 0 saturated heterocycles. The highest BCUT2D eigenvalue weighted by Crippen LogP contribution is 2.24. The van der Waals surface area contributed by atoms with Crippen molar-refractivity contribution in [3.05, 3.63) is 64.4 Å². The Bertz CT molecular complexity index is 795. The fourth-order valence-corrected chi connectivity index (χ4v) is 2.84. The van der Waals surface area contributed by atoms with E-state index < -0.39 is 0 Å². The molecule has 0 heterocycles. The van der Waals surface area contributed by atoms with Gasteiger partial charge in [-0.3, -0.25) is 14.5 Å². The molecule has 0 aliphatic carbocycles. The highest BCUT2D eigenvalue weighted by Gasteiger charge is 2.23. The first-order valence-corrected chi connectivity index (χ1v) is 9.53. The third-order valence-corrected chi connectivity index (χ3v) is 4.13. The molecule has 28 heavy (non-hydrogen) atoms. The highest BCUT2D eigenvalue weighted by atomic mass is 35.5. The maximum Gasteiger partial charge on any atom is 0.254 e. The van der Waals surface area contributed by atoms with Gasteiger partial charge in [0.25, 0.3) is 5.91 Å². The first kappa shape index (κ1) is 23.5. The minimum atomic E-state index is -0.289. The Morgan fingerprint density at radius 3 is 2.43 bits per heavy atom. The summed E-state index contributed by atoms with van der Waals surface area (Å²) in [5.74, 6) is 0.0427. The van der Waals surface area contributed by atoms with Gasteiger partial charge in [-0.1, -0.05) is 29.8 Å². The molecule has 1 aromatic carbocycles. The van der Waals surface area contributed by atoms with Gasteiger partial charge in [0.05, 0.1) is 7.11 Å². The lowest BCUT2D eigenvalue weighted by Gasteiger charge is -2.26. The van der Waals surface area contributed by atoms with Crippen molar-refractivity contribution in [2.75, 3.05) is 13.7 Å². The second-order valence-corrected chi connectivity index (χ2v) is 6.96. The van der Waals surface area contributed by atoms with Crippen molar-refractivity contribution >= 4 is 29.1 Å². The van der Waals surface area contributed by atoms with Crippen molar-refractivity contribution < 1.29 is 14.3 Å². The number of halogens is 1. The molecular weight excluding hydrogens is 376 g/mol. The zero-order valence-corrected chi connectivity index (χ0v) is 18.1. The molecule has 1 rings (SSSR count). The summed E-state index contributed by atoms with van der Waals surface area (Å²) in [6.45, 7) is 8.99. The molecule has 0 saturated carbocycles. The smallest absolute Gasteiger partial charge is 0.254 e. The number of methoxy groups -OCH3 is 1. The summed E-state index contributed by atoms with van der Waals surface area (Å²) in [6, 6.07) is 7.17. The van der Waals surface area contributed by atoms with E-state index in [-0.39, 0.29) is 24.4 Å². The van der Waals surface area contributed by atoms with Crippen molar-refractivity contribution in [3.63, 3.8) is 0 Å². The van der Waals surface area contributed by atoms with E-state index in [1.165, 1.54) is 4.90 Å². The molecule has 2 amide bonds. The number of nitrogens with zero attached hydrogens (tertiary/aromatic N) is 1. The van der Waals surface area contributed by atoms with Gasteiger partial charge in [-0.25, -0.2) is 0 Å². The van der Waals surface area contributed by atoms with Crippen molar-refractivity contribution in [1.82, 2.24) is 10.2 Å². The predicted molar refractivity (Wildman–Crippen MR) is 115 cm³/mol. The molecule has 0 aliphatic rings. The Kier molecular flexibility index (Phi) is 9.52. The zero-order valence-electron chi connectivity index (χ0n) is 17.4. The number of ether oxygens (including phenoxy) is 1. The van der Waals surface area contributed by atoms with Crippen LogP contribution in [0.2, 0.25) is 5.02 Å². The normalized spacial score (nSPS) is 12.8. The van der Waals surface area contributed by atoms with Gasteiger partial charge in [-0.05, 0) is 64.5 Å². The summed E-state index contributed by atoms with van der Waals surface area (Å²) in [6.07, 6.45) is 5.22. The molecule has 0 spiro atoms. The molecule has 1 N–H and O–H groups in total. The molecule has 6 heteroatoms. The zero-order chi connectivity index (χ0) is 21.3. The second kappa shape index (κ2) is 11.3. The van der Waals surface area contributed by atoms with Gasteiger partial charge in [0.15, 0.2) is 0 Å². The van der Waals surface area contributed by atoms with Crippen LogP contribution in [0.5, 0.6) is 0 Å². The fraction of sp³-hybridized carbons (Fsp3) is 0.364. The minimum Gasteiger partial charge on any atom is -0.497 e. The van der Waals surface area contributed by atoms with E-state index in [0.29, 0.717) is 22.1 Å². The monoisotopic (exact) mass is 404 g/mol. The van der Waals surface area contributed by atoms with Crippen LogP contribution in [0.25, 0.3) is 5.70 Å². The van der Waals surface area contributed by atoms with Crippen LogP contribution in [0.4, 0.5) is 0 Å². The van der Waals surface area contributed by atoms with Gasteiger partial charge in [-0.2, -0.15) is 0 Å². The Labute approximate surface area is 172 Å². The topological polar surface area (TPSA) is 58.6 Å². The lowest BCUT2D eigenvalue weighted by molar-refractivity contribution is -0.130. The van der Waals surface area contributed by atoms with Gasteiger partial charge in [-0.15, -0.1) is 0 Å². The van der Waals surface area contributed by atoms with Gasteiger partial charge < -0.3 is 10.1 Å². The van der Waals surface area contributed by atoms with Crippen molar-refractivity contribution in [1.29, 1.82) is 0 Å². The maximum absolute atomic E-state index is 13.2. The molecule has 0 fully saturated rings. The van der Waals surface area contributed by atoms with Crippen LogP contribution >= 0.6 is 11.6 Å². The second-order valence-electron chi connectivity index (χ2n) is 6.52. The quantitative estimate of drug-likeness (QED) is 0.393. The SMILES string of the molecule is C/C=C(/c1cccc(Cl)c1)N(CC(=O)NC(C)C)C(=O)/C(C)=C/C(=C\C)OC. The van der Waals surface area contributed by atoms with Crippen LogP contribution in [0, 0.1) is 0 Å². The fourth-order valence-electron chi connectivity index (χ4n) is 2.65. The summed E-state index contributed by atoms with van der Waals surface area (Å²) in [5, 5.41) is 3.38. The van der Waals surface area contributed by atoms with Crippen LogP contribution in [0.15, 0.2) is 53.8 Å². The summed E-state index contributed by atoms with van der Waals surface area (Å²) in [7, 11) is 1.54. The Morgan fingerprint density at radius 1 is 1.25 bits per heavy atom. The number of nitrogens with one attached hydrogen (secondary N) is 1. The lowest BCUT2D eigenvalue weighted by atomic mass is 10.1. The third-order valence-electron chi connectivity index (χ3n) is 3.90. The molecule has 0 bridgehead atoms. The standard InChI is InChI=1S/C22H29ClN2O3/c1-7-19(28-6)12-16(5)22(27)25(14-21(26)24-15(3)4)20(8-2)17-10-9-11-18(23)13-17/h7-13,15H,14H2,1-6H3,(H,24,26)/b16-12+,19-7+,20-8-. The Morgan fingerprint density at radius 2 is 1.93 bits per heavy atom. The summed E-state index contributed by atoms with van der Waals surface area (Å²) in [5.41, 5.74) is 1.82. The van der Waals surface area contributed by atoms with E-state index in [1.807, 2.05) is 39.8 Å². The van der Waals surface area contributed by atoms with Gasteiger partial charge >= 0.3 is 0 Å². The van der Waals surface area contributed by atoms with Gasteiger partial charge in [0.2, 0.25) is 5.91 Å². The van der Waals surface area contributed by atoms with Crippen molar-refractivity contribution in [2.24, 2.45) is 0 Å². The lowest BCUT2D eigenvalue weighted by Crippen LogP contribution is -2.42. The molecule has 0 aliphatic heterocycles. The van der Waals surface area contributed by atoms with Crippen LogP contribution in [-0.4, -0.2) is 36.4 Å². The molecule has 1 aromatic rings. The Hall–Kier alpha value is -2.53. The largest absolute Gasteiger partial charge is 0.497 e. The number of allylic oxidation sites excluding steroid dienone is 3. The van der Waals surface area contributed by atoms with Crippen LogP contribution in [0.1, 0.15) is 40.2 Å². The predicted octanol–water partition coefficient (Wildman–Crippen LogP) is 4.55. The van der Waals surface area contributed by atoms with E-state index in [2.05, 4.69) is 5.32 Å². The number of hydrogen-bond acceptors (Lipinski definition) is 3. The molecule has 0 radical (unpaired) electrons. The number of hydrogen-bond donors (Lipinski definition) is 1. The molecule has 0 unspecified atom stereocenters. The summed E-state index contributed by atoms with van der Waals surface area (Å²) < 4.78 is 5.22. The Balaban J connectivity index is 3.35. The van der Waals surface area contributed by atoms with Gasteiger partial charge in [0.1, 0.15) is 12.3 Å².